The Labute approximate surface area is 185 Å². The van der Waals surface area contributed by atoms with Crippen LogP contribution in [0.25, 0.3) is 5.69 Å². The van der Waals surface area contributed by atoms with Crippen LogP contribution >= 0.6 is 0 Å². The van der Waals surface area contributed by atoms with Gasteiger partial charge in [-0.3, -0.25) is 14.9 Å². The van der Waals surface area contributed by atoms with Gasteiger partial charge < -0.3 is 9.47 Å². The maximum atomic E-state index is 13.4. The number of carbonyl (C=O) groups excluding carboxylic acids is 1. The van der Waals surface area contributed by atoms with Crippen LogP contribution in [0.15, 0.2) is 97.6 Å². The summed E-state index contributed by atoms with van der Waals surface area (Å²) in [5.41, 5.74) is 2.63. The summed E-state index contributed by atoms with van der Waals surface area (Å²) < 4.78 is 1.56. The van der Waals surface area contributed by atoms with E-state index in [2.05, 4.69) is 4.98 Å². The van der Waals surface area contributed by atoms with Gasteiger partial charge in [0.2, 0.25) is 0 Å². The summed E-state index contributed by atoms with van der Waals surface area (Å²) in [6.07, 6.45) is 5.36. The van der Waals surface area contributed by atoms with Gasteiger partial charge >= 0.3 is 0 Å². The predicted molar refractivity (Wildman–Crippen MR) is 122 cm³/mol. The smallest absolute Gasteiger partial charge is 0.294 e. The van der Waals surface area contributed by atoms with Crippen molar-refractivity contribution in [1.82, 2.24) is 14.5 Å². The molecule has 32 heavy (non-hydrogen) atoms. The fourth-order valence-corrected chi connectivity index (χ4v) is 3.57. The van der Waals surface area contributed by atoms with Crippen molar-refractivity contribution in [3.05, 3.63) is 124 Å². The molecule has 1 amide bonds. The summed E-state index contributed by atoms with van der Waals surface area (Å²) in [6.45, 7) is 0.915. The van der Waals surface area contributed by atoms with E-state index in [0.29, 0.717) is 25.2 Å². The van der Waals surface area contributed by atoms with Crippen molar-refractivity contribution in [2.24, 2.45) is 0 Å². The number of hydrogen-bond acceptors (Lipinski definition) is 4. The number of hydrogen-bond donors (Lipinski definition) is 0. The first-order chi connectivity index (χ1) is 15.6. The molecule has 0 spiro atoms. The quantitative estimate of drug-likeness (QED) is 0.303. The van der Waals surface area contributed by atoms with Crippen LogP contribution < -0.4 is 0 Å². The summed E-state index contributed by atoms with van der Waals surface area (Å²) in [7, 11) is 0. The number of carbonyl (C=O) groups is 1. The molecule has 0 radical (unpaired) electrons. The van der Waals surface area contributed by atoms with Gasteiger partial charge in [-0.15, -0.1) is 0 Å². The molecule has 0 aliphatic carbocycles. The molecule has 0 unspecified atom stereocenters. The normalized spacial score (nSPS) is 10.6. The van der Waals surface area contributed by atoms with Crippen LogP contribution in [-0.4, -0.2) is 31.8 Å². The number of aromatic nitrogens is 2. The second kappa shape index (κ2) is 9.70. The van der Waals surface area contributed by atoms with E-state index in [0.717, 1.165) is 11.1 Å². The van der Waals surface area contributed by atoms with Crippen LogP contribution in [0.1, 0.15) is 21.5 Å². The highest BCUT2D eigenvalue weighted by Gasteiger charge is 2.22. The Morgan fingerprint density at radius 2 is 1.66 bits per heavy atom. The highest BCUT2D eigenvalue weighted by atomic mass is 16.6. The van der Waals surface area contributed by atoms with Gasteiger partial charge in [0, 0.05) is 37.1 Å². The topological polar surface area (TPSA) is 81.3 Å². The summed E-state index contributed by atoms with van der Waals surface area (Å²) in [5.74, 6) is -0.245. The zero-order valence-corrected chi connectivity index (χ0v) is 17.4. The first-order valence-corrected chi connectivity index (χ1v) is 10.3. The second-order valence-electron chi connectivity index (χ2n) is 7.38. The molecule has 0 fully saturated rings. The lowest BCUT2D eigenvalue weighted by Crippen LogP contribution is -2.32. The van der Waals surface area contributed by atoms with E-state index in [-0.39, 0.29) is 17.2 Å². The van der Waals surface area contributed by atoms with Crippen LogP contribution in [-0.2, 0) is 13.0 Å². The monoisotopic (exact) mass is 426 g/mol. The van der Waals surface area contributed by atoms with Crippen molar-refractivity contribution in [3.63, 3.8) is 0 Å². The molecule has 0 saturated carbocycles. The van der Waals surface area contributed by atoms with Crippen molar-refractivity contribution in [2.45, 2.75) is 13.0 Å². The fourth-order valence-electron chi connectivity index (χ4n) is 3.57. The van der Waals surface area contributed by atoms with Crippen LogP contribution in [0.4, 0.5) is 5.69 Å². The first kappa shape index (κ1) is 21.0. The molecule has 0 bridgehead atoms. The Kier molecular flexibility index (Phi) is 6.36. The minimum Gasteiger partial charge on any atom is -0.334 e. The van der Waals surface area contributed by atoms with Gasteiger partial charge in [-0.05, 0) is 29.7 Å². The number of rotatable bonds is 8. The molecule has 4 rings (SSSR count). The lowest BCUT2D eigenvalue weighted by Gasteiger charge is -2.23. The van der Waals surface area contributed by atoms with E-state index in [1.54, 1.807) is 34.0 Å². The summed E-state index contributed by atoms with van der Waals surface area (Å²) in [5, 5.41) is 11.7. The van der Waals surface area contributed by atoms with E-state index in [9.17, 15) is 14.9 Å². The Bertz CT molecular complexity index is 1190. The number of nitrogens with zero attached hydrogens (tertiary/aromatic N) is 4. The number of benzene rings is 3. The number of nitro groups is 1. The average molecular weight is 426 g/mol. The average Bonchev–Trinajstić information content (AvgIpc) is 3.37. The summed E-state index contributed by atoms with van der Waals surface area (Å²) in [6, 6.07) is 24.2. The first-order valence-electron chi connectivity index (χ1n) is 10.3. The Morgan fingerprint density at radius 1 is 0.969 bits per heavy atom. The van der Waals surface area contributed by atoms with Crippen molar-refractivity contribution < 1.29 is 9.72 Å². The zero-order valence-electron chi connectivity index (χ0n) is 17.4. The molecule has 0 N–H and O–H groups in total. The molecule has 0 atom stereocenters. The van der Waals surface area contributed by atoms with Crippen LogP contribution in [0.5, 0.6) is 0 Å². The molecule has 0 aliphatic rings. The van der Waals surface area contributed by atoms with E-state index >= 15 is 0 Å². The third kappa shape index (κ3) is 4.89. The molecule has 160 valence electrons. The Hall–Kier alpha value is -4.26. The molecule has 7 heteroatoms. The number of imidazole rings is 1. The van der Waals surface area contributed by atoms with Crippen molar-refractivity contribution >= 4 is 11.6 Å². The maximum absolute atomic E-state index is 13.4. The fraction of sp³-hybridized carbons (Fsp3) is 0.120. The third-order valence-electron chi connectivity index (χ3n) is 5.22. The number of nitro benzene ring substituents is 1. The molecule has 4 aromatic rings. The van der Waals surface area contributed by atoms with E-state index in [4.69, 9.17) is 0 Å². The lowest BCUT2D eigenvalue weighted by atomic mass is 10.1. The van der Waals surface area contributed by atoms with Crippen molar-refractivity contribution in [3.8, 4) is 5.69 Å². The SMILES string of the molecule is O=C(c1ccc(-n2ccnc2)c([N+](=O)[O-])c1)N(CCc1ccccc1)Cc1ccccc1. The van der Waals surface area contributed by atoms with E-state index < -0.39 is 4.92 Å². The molecule has 0 aliphatic heterocycles. The zero-order chi connectivity index (χ0) is 22.3. The van der Waals surface area contributed by atoms with Gasteiger partial charge in [-0.1, -0.05) is 60.7 Å². The molecule has 7 nitrogen and oxygen atoms in total. The van der Waals surface area contributed by atoms with Crippen LogP contribution in [0.3, 0.4) is 0 Å². The summed E-state index contributed by atoms with van der Waals surface area (Å²) in [4.78, 5) is 30.3. The van der Waals surface area contributed by atoms with Gasteiger partial charge in [0.25, 0.3) is 11.6 Å². The molecule has 1 heterocycles. The second-order valence-corrected chi connectivity index (χ2v) is 7.38. The lowest BCUT2D eigenvalue weighted by molar-refractivity contribution is -0.384. The number of amides is 1. The van der Waals surface area contributed by atoms with E-state index in [1.165, 1.54) is 12.4 Å². The Morgan fingerprint density at radius 3 is 2.28 bits per heavy atom. The standard InChI is InChI=1S/C25H22N4O3/c30-25(22-11-12-23(24(17-22)29(31)32)28-16-14-26-19-28)27(18-21-9-5-2-6-10-21)15-13-20-7-3-1-4-8-20/h1-12,14,16-17,19H,13,15,18H2. The molecular weight excluding hydrogens is 404 g/mol. The largest absolute Gasteiger partial charge is 0.334 e. The minimum absolute atomic E-state index is 0.142. The highest BCUT2D eigenvalue weighted by molar-refractivity contribution is 5.95. The predicted octanol–water partition coefficient (Wildman–Crippen LogP) is 4.67. The van der Waals surface area contributed by atoms with Gasteiger partial charge in [0.05, 0.1) is 11.3 Å². The molecular formula is C25H22N4O3. The third-order valence-corrected chi connectivity index (χ3v) is 5.22. The molecule has 3 aromatic carbocycles. The van der Waals surface area contributed by atoms with Gasteiger partial charge in [-0.2, -0.15) is 0 Å². The molecule has 1 aromatic heterocycles. The van der Waals surface area contributed by atoms with Crippen LogP contribution in [0.2, 0.25) is 0 Å². The van der Waals surface area contributed by atoms with Crippen molar-refractivity contribution in [2.75, 3.05) is 6.54 Å². The van der Waals surface area contributed by atoms with Gasteiger partial charge in [0.15, 0.2) is 0 Å². The van der Waals surface area contributed by atoms with Crippen molar-refractivity contribution in [1.29, 1.82) is 0 Å². The van der Waals surface area contributed by atoms with Gasteiger partial charge in [0.1, 0.15) is 5.69 Å². The summed E-state index contributed by atoms with van der Waals surface area (Å²) >= 11 is 0. The van der Waals surface area contributed by atoms with E-state index in [1.807, 2.05) is 60.7 Å². The Balaban J connectivity index is 1.63. The maximum Gasteiger partial charge on any atom is 0.294 e. The highest BCUT2D eigenvalue weighted by Crippen LogP contribution is 2.25. The minimum atomic E-state index is -0.475. The van der Waals surface area contributed by atoms with Gasteiger partial charge in [-0.25, -0.2) is 4.98 Å². The van der Waals surface area contributed by atoms with Crippen LogP contribution in [0, 0.1) is 10.1 Å². The molecule has 0 saturated heterocycles.